The van der Waals surface area contributed by atoms with Crippen molar-refractivity contribution in [3.63, 3.8) is 0 Å². The van der Waals surface area contributed by atoms with Crippen molar-refractivity contribution < 1.29 is 4.79 Å². The van der Waals surface area contributed by atoms with E-state index in [1.807, 2.05) is 36.4 Å². The number of fused-ring (bicyclic) bond motifs is 1. The molecular formula is C13H8BrN3O. The highest BCUT2D eigenvalue weighted by Gasteiger charge is 2.07. The molecule has 0 saturated heterocycles. The lowest BCUT2D eigenvalue weighted by atomic mass is 10.2. The zero-order chi connectivity index (χ0) is 12.5. The summed E-state index contributed by atoms with van der Waals surface area (Å²) >= 11 is 3.36. The van der Waals surface area contributed by atoms with Gasteiger partial charge in [0.2, 0.25) is 0 Å². The van der Waals surface area contributed by atoms with E-state index in [9.17, 15) is 4.79 Å². The number of rotatable bonds is 2. The molecule has 1 heterocycles. The van der Waals surface area contributed by atoms with Crippen LogP contribution in [0.15, 0.2) is 46.9 Å². The average molecular weight is 302 g/mol. The van der Waals surface area contributed by atoms with E-state index in [2.05, 4.69) is 26.2 Å². The summed E-state index contributed by atoms with van der Waals surface area (Å²) in [5.74, 6) is 0. The molecule has 0 fully saturated rings. The van der Waals surface area contributed by atoms with Gasteiger partial charge in [0, 0.05) is 10.0 Å². The van der Waals surface area contributed by atoms with Gasteiger partial charge in [-0.2, -0.15) is 0 Å². The van der Waals surface area contributed by atoms with Crippen LogP contribution in [-0.2, 0) is 0 Å². The molecule has 1 aromatic heterocycles. The van der Waals surface area contributed by atoms with Crippen molar-refractivity contribution in [1.29, 1.82) is 0 Å². The minimum Gasteiger partial charge on any atom is -0.298 e. The molecule has 0 aliphatic carbocycles. The van der Waals surface area contributed by atoms with Crippen molar-refractivity contribution in [3.05, 3.63) is 52.5 Å². The van der Waals surface area contributed by atoms with Gasteiger partial charge in [-0.15, -0.1) is 5.10 Å². The molecule has 0 amide bonds. The van der Waals surface area contributed by atoms with Crippen molar-refractivity contribution in [2.24, 2.45) is 0 Å². The Hall–Kier alpha value is -2.01. The van der Waals surface area contributed by atoms with Gasteiger partial charge < -0.3 is 0 Å². The van der Waals surface area contributed by atoms with Crippen LogP contribution in [0.4, 0.5) is 0 Å². The molecule has 5 heteroatoms. The number of hydrogen-bond donors (Lipinski definition) is 0. The van der Waals surface area contributed by atoms with Crippen LogP contribution in [0.25, 0.3) is 16.7 Å². The van der Waals surface area contributed by atoms with Crippen LogP contribution in [0.1, 0.15) is 10.4 Å². The molecule has 18 heavy (non-hydrogen) atoms. The van der Waals surface area contributed by atoms with Crippen LogP contribution >= 0.6 is 15.9 Å². The second kappa shape index (κ2) is 4.34. The predicted molar refractivity (Wildman–Crippen MR) is 72.0 cm³/mol. The fourth-order valence-electron chi connectivity index (χ4n) is 1.80. The maximum Gasteiger partial charge on any atom is 0.151 e. The van der Waals surface area contributed by atoms with Crippen molar-refractivity contribution in [2.75, 3.05) is 0 Å². The Labute approximate surface area is 111 Å². The molecule has 4 nitrogen and oxygen atoms in total. The summed E-state index contributed by atoms with van der Waals surface area (Å²) < 4.78 is 2.49. The van der Waals surface area contributed by atoms with Crippen LogP contribution < -0.4 is 0 Å². The quantitative estimate of drug-likeness (QED) is 0.684. The third-order valence-electron chi connectivity index (χ3n) is 2.71. The molecule has 3 aromatic rings. The Morgan fingerprint density at radius 1 is 1.17 bits per heavy atom. The SMILES string of the molecule is O=Cc1ccc(-n2nnc3ccccc32)cc1Br. The lowest BCUT2D eigenvalue weighted by molar-refractivity contribution is 0.112. The smallest absolute Gasteiger partial charge is 0.151 e. The van der Waals surface area contributed by atoms with Gasteiger partial charge in [-0.05, 0) is 46.3 Å². The number of benzene rings is 2. The number of carbonyl (C=O) groups is 1. The van der Waals surface area contributed by atoms with Gasteiger partial charge in [0.05, 0.1) is 11.2 Å². The number of carbonyl (C=O) groups excluding carboxylic acids is 1. The monoisotopic (exact) mass is 301 g/mol. The van der Waals surface area contributed by atoms with E-state index >= 15 is 0 Å². The summed E-state index contributed by atoms with van der Waals surface area (Å²) in [7, 11) is 0. The van der Waals surface area contributed by atoms with Crippen LogP contribution in [-0.4, -0.2) is 21.3 Å². The maximum atomic E-state index is 10.8. The molecule has 88 valence electrons. The first-order chi connectivity index (χ1) is 8.79. The van der Waals surface area contributed by atoms with Gasteiger partial charge in [0.25, 0.3) is 0 Å². The van der Waals surface area contributed by atoms with Crippen LogP contribution in [0, 0.1) is 0 Å². The van der Waals surface area contributed by atoms with E-state index in [0.717, 1.165) is 27.5 Å². The van der Waals surface area contributed by atoms with E-state index < -0.39 is 0 Å². The number of hydrogen-bond acceptors (Lipinski definition) is 3. The molecule has 0 aliphatic heterocycles. The number of nitrogens with zero attached hydrogens (tertiary/aromatic N) is 3. The molecule has 3 rings (SSSR count). The van der Waals surface area contributed by atoms with Crippen molar-refractivity contribution >= 4 is 33.2 Å². The lowest BCUT2D eigenvalue weighted by Crippen LogP contribution is -1.97. The van der Waals surface area contributed by atoms with Gasteiger partial charge in [0.1, 0.15) is 5.52 Å². The Morgan fingerprint density at radius 2 is 2.00 bits per heavy atom. The molecule has 2 aromatic carbocycles. The lowest BCUT2D eigenvalue weighted by Gasteiger charge is -2.04. The van der Waals surface area contributed by atoms with Gasteiger partial charge in [-0.3, -0.25) is 4.79 Å². The fraction of sp³-hybridized carbons (Fsp3) is 0. The number of para-hydroxylation sites is 1. The highest BCUT2D eigenvalue weighted by molar-refractivity contribution is 9.10. The average Bonchev–Trinajstić information content (AvgIpc) is 2.82. The second-order valence-corrected chi connectivity index (χ2v) is 4.67. The number of aromatic nitrogens is 3. The molecule has 0 N–H and O–H groups in total. The zero-order valence-electron chi connectivity index (χ0n) is 9.25. The Morgan fingerprint density at radius 3 is 2.78 bits per heavy atom. The normalized spacial score (nSPS) is 10.7. The minimum absolute atomic E-state index is 0.614. The molecule has 0 saturated carbocycles. The molecule has 0 aliphatic rings. The third kappa shape index (κ3) is 1.73. The first-order valence-electron chi connectivity index (χ1n) is 5.35. The summed E-state index contributed by atoms with van der Waals surface area (Å²) in [6.07, 6.45) is 0.813. The summed E-state index contributed by atoms with van der Waals surface area (Å²) in [5, 5.41) is 8.22. The van der Waals surface area contributed by atoms with E-state index in [1.54, 1.807) is 10.7 Å². The Balaban J connectivity index is 2.20. The van der Waals surface area contributed by atoms with Crippen LogP contribution in [0.2, 0.25) is 0 Å². The van der Waals surface area contributed by atoms with E-state index in [0.29, 0.717) is 5.56 Å². The Kier molecular flexibility index (Phi) is 2.68. The predicted octanol–water partition coefficient (Wildman–Crippen LogP) is 3.00. The highest BCUT2D eigenvalue weighted by atomic mass is 79.9. The highest BCUT2D eigenvalue weighted by Crippen LogP contribution is 2.21. The van der Waals surface area contributed by atoms with Crippen LogP contribution in [0.5, 0.6) is 0 Å². The molecule has 0 atom stereocenters. The summed E-state index contributed by atoms with van der Waals surface area (Å²) in [5.41, 5.74) is 3.25. The zero-order valence-corrected chi connectivity index (χ0v) is 10.8. The molecule has 0 radical (unpaired) electrons. The van der Waals surface area contributed by atoms with Gasteiger partial charge in [-0.1, -0.05) is 17.3 Å². The molecular weight excluding hydrogens is 294 g/mol. The van der Waals surface area contributed by atoms with Gasteiger partial charge in [0.15, 0.2) is 6.29 Å². The first kappa shape index (κ1) is 11.1. The summed E-state index contributed by atoms with van der Waals surface area (Å²) in [6, 6.07) is 13.2. The van der Waals surface area contributed by atoms with Crippen molar-refractivity contribution in [1.82, 2.24) is 15.0 Å². The third-order valence-corrected chi connectivity index (χ3v) is 3.39. The molecule has 0 bridgehead atoms. The fourth-order valence-corrected chi connectivity index (χ4v) is 2.26. The number of aldehydes is 1. The largest absolute Gasteiger partial charge is 0.298 e. The van der Waals surface area contributed by atoms with E-state index in [-0.39, 0.29) is 0 Å². The second-order valence-electron chi connectivity index (χ2n) is 3.81. The minimum atomic E-state index is 0.614. The first-order valence-corrected chi connectivity index (χ1v) is 6.14. The standard InChI is InChI=1S/C13H8BrN3O/c14-11-7-10(6-5-9(11)8-18)17-13-4-2-1-3-12(13)15-16-17/h1-8H. The topological polar surface area (TPSA) is 47.8 Å². The maximum absolute atomic E-state index is 10.8. The summed E-state index contributed by atoms with van der Waals surface area (Å²) in [4.78, 5) is 10.8. The van der Waals surface area contributed by atoms with E-state index in [4.69, 9.17) is 0 Å². The molecule has 0 spiro atoms. The number of halogens is 1. The van der Waals surface area contributed by atoms with Crippen LogP contribution in [0.3, 0.4) is 0 Å². The van der Waals surface area contributed by atoms with Gasteiger partial charge >= 0.3 is 0 Å². The molecule has 0 unspecified atom stereocenters. The summed E-state index contributed by atoms with van der Waals surface area (Å²) in [6.45, 7) is 0. The van der Waals surface area contributed by atoms with Crippen molar-refractivity contribution in [3.8, 4) is 5.69 Å². The Bertz CT molecular complexity index is 736. The van der Waals surface area contributed by atoms with Crippen molar-refractivity contribution in [2.45, 2.75) is 0 Å². The van der Waals surface area contributed by atoms with Gasteiger partial charge in [-0.25, -0.2) is 4.68 Å². The van der Waals surface area contributed by atoms with E-state index in [1.165, 1.54) is 0 Å².